The Morgan fingerprint density at radius 2 is 1.87 bits per heavy atom. The molecule has 176 valence electrons. The van der Waals surface area contributed by atoms with Gasteiger partial charge in [0.15, 0.2) is 15.8 Å². The zero-order valence-electron chi connectivity index (χ0n) is 18.8. The number of hydrogen-bond donors (Lipinski definition) is 1. The van der Waals surface area contributed by atoms with Crippen LogP contribution < -0.4 is 10.1 Å². The summed E-state index contributed by atoms with van der Waals surface area (Å²) in [6.07, 6.45) is 0. The standard InChI is InChI=1S/C21H34N4O4S.HI/c1-21(2)16-25(11-14-30(21,26)27)20(22-3)23-15-19(24-9-12-29-13-10-24)17-5-7-18(28-4)8-6-17;/h5-8,19H,9-16H2,1-4H3,(H,22,23);1H. The lowest BCUT2D eigenvalue weighted by Gasteiger charge is -2.40. The molecule has 2 aliphatic heterocycles. The number of morpholine rings is 1. The van der Waals surface area contributed by atoms with Gasteiger partial charge in [0, 0.05) is 39.8 Å². The van der Waals surface area contributed by atoms with Crippen molar-refractivity contribution in [1.29, 1.82) is 0 Å². The average Bonchev–Trinajstić information content (AvgIpc) is 2.74. The van der Waals surface area contributed by atoms with E-state index < -0.39 is 14.6 Å². The summed E-state index contributed by atoms with van der Waals surface area (Å²) >= 11 is 0. The second kappa shape index (κ2) is 11.2. The number of ether oxygens (including phenoxy) is 2. The van der Waals surface area contributed by atoms with Gasteiger partial charge in [-0.25, -0.2) is 8.42 Å². The first-order valence-corrected chi connectivity index (χ1v) is 12.1. The molecule has 0 aliphatic carbocycles. The molecule has 0 radical (unpaired) electrons. The lowest BCUT2D eigenvalue weighted by atomic mass is 10.0. The Morgan fingerprint density at radius 3 is 2.42 bits per heavy atom. The third-order valence-corrected chi connectivity index (χ3v) is 8.53. The number of halogens is 1. The number of rotatable bonds is 5. The molecule has 2 aliphatic rings. The van der Waals surface area contributed by atoms with E-state index in [1.54, 1.807) is 28.0 Å². The van der Waals surface area contributed by atoms with E-state index in [0.717, 1.165) is 38.0 Å². The molecule has 8 nitrogen and oxygen atoms in total. The zero-order chi connectivity index (χ0) is 21.8. The zero-order valence-corrected chi connectivity index (χ0v) is 22.0. The highest BCUT2D eigenvalue weighted by Gasteiger charge is 2.41. The van der Waals surface area contributed by atoms with Crippen molar-refractivity contribution >= 4 is 39.8 Å². The smallest absolute Gasteiger partial charge is 0.193 e. The molecule has 0 aromatic heterocycles. The molecule has 10 heteroatoms. The summed E-state index contributed by atoms with van der Waals surface area (Å²) in [6, 6.07) is 8.31. The van der Waals surface area contributed by atoms with Crippen molar-refractivity contribution in [2.24, 2.45) is 4.99 Å². The molecule has 31 heavy (non-hydrogen) atoms. The van der Waals surface area contributed by atoms with Crippen LogP contribution in [0.25, 0.3) is 0 Å². The van der Waals surface area contributed by atoms with Crippen LogP contribution in [0.4, 0.5) is 0 Å². The fraction of sp³-hybridized carbons (Fsp3) is 0.667. The summed E-state index contributed by atoms with van der Waals surface area (Å²) in [7, 11) is 0.320. The third-order valence-electron chi connectivity index (χ3n) is 6.00. The minimum absolute atomic E-state index is 0. The Balaban J connectivity index is 0.00000341. The number of sulfone groups is 1. The molecular weight excluding hydrogens is 531 g/mol. The second-order valence-corrected chi connectivity index (χ2v) is 11.1. The summed E-state index contributed by atoms with van der Waals surface area (Å²) in [5.41, 5.74) is 1.20. The first-order valence-electron chi connectivity index (χ1n) is 10.4. The molecular formula is C21H35IN4O4S. The fourth-order valence-corrected chi connectivity index (χ4v) is 5.38. The molecule has 1 unspecified atom stereocenters. The van der Waals surface area contributed by atoms with E-state index in [-0.39, 0.29) is 35.8 Å². The normalized spacial score (nSPS) is 22.3. The Hall–Kier alpha value is -1.11. The predicted molar refractivity (Wildman–Crippen MR) is 134 cm³/mol. The van der Waals surface area contributed by atoms with Crippen molar-refractivity contribution in [3.05, 3.63) is 29.8 Å². The van der Waals surface area contributed by atoms with Gasteiger partial charge in [-0.3, -0.25) is 9.89 Å². The van der Waals surface area contributed by atoms with Crippen LogP contribution in [-0.2, 0) is 14.6 Å². The van der Waals surface area contributed by atoms with Gasteiger partial charge in [0.1, 0.15) is 5.75 Å². The number of benzene rings is 1. The van der Waals surface area contributed by atoms with E-state index in [1.165, 1.54) is 5.56 Å². The molecule has 1 aromatic rings. The Bertz CT molecular complexity index is 839. The summed E-state index contributed by atoms with van der Waals surface area (Å²) in [6.45, 7) is 8.31. The van der Waals surface area contributed by atoms with Crippen molar-refractivity contribution < 1.29 is 17.9 Å². The summed E-state index contributed by atoms with van der Waals surface area (Å²) in [4.78, 5) is 8.90. The highest BCUT2D eigenvalue weighted by Crippen LogP contribution is 2.25. The van der Waals surface area contributed by atoms with Crippen molar-refractivity contribution in [3.8, 4) is 5.75 Å². The first kappa shape index (κ1) is 26.1. The lowest BCUT2D eigenvalue weighted by molar-refractivity contribution is 0.0169. The first-order chi connectivity index (χ1) is 14.3. The minimum atomic E-state index is -3.09. The van der Waals surface area contributed by atoms with Gasteiger partial charge in [-0.05, 0) is 31.5 Å². The minimum Gasteiger partial charge on any atom is -0.497 e. The number of aliphatic imine (C=N–C) groups is 1. The molecule has 2 heterocycles. The van der Waals surface area contributed by atoms with Crippen LogP contribution in [-0.4, -0.2) is 94.8 Å². The molecule has 2 saturated heterocycles. The molecule has 1 N–H and O–H groups in total. The van der Waals surface area contributed by atoms with Crippen molar-refractivity contribution in [2.45, 2.75) is 24.6 Å². The number of nitrogens with zero attached hydrogens (tertiary/aromatic N) is 3. The van der Waals surface area contributed by atoms with Gasteiger partial charge >= 0.3 is 0 Å². The second-order valence-electron chi connectivity index (χ2n) is 8.37. The van der Waals surface area contributed by atoms with Crippen LogP contribution in [0.5, 0.6) is 5.75 Å². The molecule has 3 rings (SSSR count). The van der Waals surface area contributed by atoms with E-state index in [0.29, 0.717) is 19.6 Å². The average molecular weight is 567 g/mol. The molecule has 1 atom stereocenters. The van der Waals surface area contributed by atoms with Crippen molar-refractivity contribution in [1.82, 2.24) is 15.1 Å². The van der Waals surface area contributed by atoms with Gasteiger partial charge in [-0.15, -0.1) is 24.0 Å². The van der Waals surface area contributed by atoms with Gasteiger partial charge in [-0.2, -0.15) is 0 Å². The predicted octanol–water partition coefficient (Wildman–Crippen LogP) is 1.77. The lowest BCUT2D eigenvalue weighted by Crippen LogP contribution is -2.58. The number of hydrogen-bond acceptors (Lipinski definition) is 6. The topological polar surface area (TPSA) is 83.5 Å². The maximum Gasteiger partial charge on any atom is 0.193 e. The quantitative estimate of drug-likeness (QED) is 0.331. The maximum atomic E-state index is 12.4. The summed E-state index contributed by atoms with van der Waals surface area (Å²) in [5.74, 6) is 1.72. The van der Waals surface area contributed by atoms with E-state index in [2.05, 4.69) is 27.3 Å². The van der Waals surface area contributed by atoms with E-state index in [4.69, 9.17) is 9.47 Å². The molecule has 0 amide bonds. The van der Waals surface area contributed by atoms with Crippen LogP contribution in [0.15, 0.2) is 29.3 Å². The molecule has 1 aromatic carbocycles. The van der Waals surface area contributed by atoms with Crippen LogP contribution in [0, 0.1) is 0 Å². The van der Waals surface area contributed by atoms with Crippen molar-refractivity contribution in [3.63, 3.8) is 0 Å². The monoisotopic (exact) mass is 566 g/mol. The Kier molecular flexibility index (Phi) is 9.41. The highest BCUT2D eigenvalue weighted by atomic mass is 127. The molecule has 0 bridgehead atoms. The van der Waals surface area contributed by atoms with Crippen LogP contribution in [0.3, 0.4) is 0 Å². The SMILES string of the molecule is CN=C(NCC(c1ccc(OC)cc1)N1CCOCC1)N1CCS(=O)(=O)C(C)(C)C1.I. The van der Waals surface area contributed by atoms with Crippen LogP contribution in [0.2, 0.25) is 0 Å². The van der Waals surface area contributed by atoms with Gasteiger partial charge in [0.2, 0.25) is 0 Å². The van der Waals surface area contributed by atoms with Gasteiger partial charge in [-0.1, -0.05) is 12.1 Å². The summed E-state index contributed by atoms with van der Waals surface area (Å²) < 4.78 is 34.8. The Labute approximate surface area is 203 Å². The van der Waals surface area contributed by atoms with Gasteiger partial charge in [0.25, 0.3) is 0 Å². The largest absolute Gasteiger partial charge is 0.497 e. The van der Waals surface area contributed by atoms with Gasteiger partial charge < -0.3 is 19.7 Å². The number of guanidine groups is 1. The van der Waals surface area contributed by atoms with Crippen molar-refractivity contribution in [2.75, 3.05) is 65.8 Å². The highest BCUT2D eigenvalue weighted by molar-refractivity contribution is 14.0. The third kappa shape index (κ3) is 6.23. The van der Waals surface area contributed by atoms with Crippen LogP contribution >= 0.6 is 24.0 Å². The molecule has 2 fully saturated rings. The van der Waals surface area contributed by atoms with E-state index >= 15 is 0 Å². The number of nitrogens with one attached hydrogen (secondary N) is 1. The Morgan fingerprint density at radius 1 is 1.23 bits per heavy atom. The molecule has 0 spiro atoms. The maximum absolute atomic E-state index is 12.4. The van der Waals surface area contributed by atoms with Gasteiger partial charge in [0.05, 0.1) is 36.9 Å². The fourth-order valence-electron chi connectivity index (χ4n) is 4.02. The molecule has 0 saturated carbocycles. The van der Waals surface area contributed by atoms with E-state index in [1.807, 2.05) is 17.0 Å². The summed E-state index contributed by atoms with van der Waals surface area (Å²) in [5, 5.41) is 3.50. The van der Waals surface area contributed by atoms with E-state index in [9.17, 15) is 8.42 Å². The number of methoxy groups -OCH3 is 1. The van der Waals surface area contributed by atoms with Crippen LogP contribution in [0.1, 0.15) is 25.5 Å².